The van der Waals surface area contributed by atoms with Crippen molar-refractivity contribution in [2.75, 3.05) is 31.1 Å². The number of nitrogens with one attached hydrogen (secondary N) is 2. The highest BCUT2D eigenvalue weighted by Crippen LogP contribution is 2.22. The van der Waals surface area contributed by atoms with E-state index in [1.807, 2.05) is 0 Å². The van der Waals surface area contributed by atoms with E-state index in [0.29, 0.717) is 12.5 Å². The standard InChI is InChI=1S/C22H30N4/c1-3-23-22(24-15-19-9-7-8-18(2)14-19)25-16-20-12-13-26(17-20)21-10-5-4-6-11-21/h4-11,14,20H,3,12-13,15-17H2,1-2H3,(H2,23,24,25). The molecule has 0 aromatic heterocycles. The van der Waals surface area contributed by atoms with Crippen molar-refractivity contribution in [1.29, 1.82) is 0 Å². The van der Waals surface area contributed by atoms with E-state index in [-0.39, 0.29) is 0 Å². The highest BCUT2D eigenvalue weighted by molar-refractivity contribution is 5.79. The van der Waals surface area contributed by atoms with Gasteiger partial charge in [-0.1, -0.05) is 48.0 Å². The quantitative estimate of drug-likeness (QED) is 0.618. The molecule has 0 aliphatic carbocycles. The number of hydrogen-bond donors (Lipinski definition) is 2. The Kier molecular flexibility index (Phi) is 6.53. The molecular formula is C22H30N4. The summed E-state index contributed by atoms with van der Waals surface area (Å²) in [5.41, 5.74) is 3.86. The molecule has 1 saturated heterocycles. The maximum absolute atomic E-state index is 4.74. The predicted octanol–water partition coefficient (Wildman–Crippen LogP) is 3.58. The van der Waals surface area contributed by atoms with E-state index >= 15 is 0 Å². The van der Waals surface area contributed by atoms with Crippen molar-refractivity contribution in [3.8, 4) is 0 Å². The molecule has 1 atom stereocenters. The first kappa shape index (κ1) is 18.3. The molecule has 0 radical (unpaired) electrons. The van der Waals surface area contributed by atoms with Crippen molar-refractivity contribution in [3.63, 3.8) is 0 Å². The molecule has 1 aliphatic heterocycles. The smallest absolute Gasteiger partial charge is 0.191 e. The fraction of sp³-hybridized carbons (Fsp3) is 0.409. The van der Waals surface area contributed by atoms with Crippen molar-refractivity contribution in [1.82, 2.24) is 10.6 Å². The summed E-state index contributed by atoms with van der Waals surface area (Å²) in [7, 11) is 0. The van der Waals surface area contributed by atoms with Crippen LogP contribution in [0.15, 0.2) is 59.6 Å². The van der Waals surface area contributed by atoms with Crippen LogP contribution in [-0.2, 0) is 6.54 Å². The predicted molar refractivity (Wildman–Crippen MR) is 111 cm³/mol. The highest BCUT2D eigenvalue weighted by Gasteiger charge is 2.22. The van der Waals surface area contributed by atoms with Gasteiger partial charge >= 0.3 is 0 Å². The van der Waals surface area contributed by atoms with Gasteiger partial charge in [-0.15, -0.1) is 0 Å². The monoisotopic (exact) mass is 350 g/mol. The molecule has 0 spiro atoms. The van der Waals surface area contributed by atoms with Gasteiger partial charge in [0.2, 0.25) is 0 Å². The van der Waals surface area contributed by atoms with Crippen LogP contribution in [0.4, 0.5) is 5.69 Å². The van der Waals surface area contributed by atoms with Crippen LogP contribution in [0.5, 0.6) is 0 Å². The van der Waals surface area contributed by atoms with Crippen molar-refractivity contribution in [2.45, 2.75) is 26.8 Å². The van der Waals surface area contributed by atoms with E-state index < -0.39 is 0 Å². The first-order chi connectivity index (χ1) is 12.7. The number of guanidine groups is 1. The SMILES string of the molecule is CCNC(=NCc1cccc(C)c1)NCC1CCN(c2ccccc2)C1. The summed E-state index contributed by atoms with van der Waals surface area (Å²) in [5, 5.41) is 6.89. The Hall–Kier alpha value is -2.49. The maximum atomic E-state index is 4.74. The topological polar surface area (TPSA) is 39.7 Å². The van der Waals surface area contributed by atoms with Crippen LogP contribution in [0.3, 0.4) is 0 Å². The number of hydrogen-bond acceptors (Lipinski definition) is 2. The average molecular weight is 351 g/mol. The van der Waals surface area contributed by atoms with Gasteiger partial charge in [0.1, 0.15) is 0 Å². The van der Waals surface area contributed by atoms with Gasteiger partial charge in [-0.2, -0.15) is 0 Å². The molecule has 1 heterocycles. The molecule has 0 bridgehead atoms. The molecule has 2 aromatic carbocycles. The minimum Gasteiger partial charge on any atom is -0.371 e. The summed E-state index contributed by atoms with van der Waals surface area (Å²) >= 11 is 0. The zero-order valence-electron chi connectivity index (χ0n) is 15.9. The second-order valence-electron chi connectivity index (χ2n) is 7.00. The minimum absolute atomic E-state index is 0.651. The second-order valence-corrected chi connectivity index (χ2v) is 7.00. The molecule has 0 saturated carbocycles. The number of aliphatic imine (C=N–C) groups is 1. The zero-order chi connectivity index (χ0) is 18.2. The van der Waals surface area contributed by atoms with Gasteiger partial charge in [0, 0.05) is 31.9 Å². The molecule has 2 aromatic rings. The molecule has 4 heteroatoms. The summed E-state index contributed by atoms with van der Waals surface area (Å²) in [5.74, 6) is 1.56. The van der Waals surface area contributed by atoms with Gasteiger partial charge < -0.3 is 15.5 Å². The van der Waals surface area contributed by atoms with Gasteiger partial charge in [-0.05, 0) is 43.9 Å². The first-order valence-electron chi connectivity index (χ1n) is 9.62. The number of aryl methyl sites for hydroxylation is 1. The summed E-state index contributed by atoms with van der Waals surface area (Å²) in [4.78, 5) is 7.22. The van der Waals surface area contributed by atoms with E-state index in [9.17, 15) is 0 Å². The Morgan fingerprint density at radius 1 is 1.12 bits per heavy atom. The average Bonchev–Trinajstić information content (AvgIpc) is 3.14. The molecular weight excluding hydrogens is 320 g/mol. The van der Waals surface area contributed by atoms with E-state index in [1.54, 1.807) is 0 Å². The molecule has 26 heavy (non-hydrogen) atoms. The van der Waals surface area contributed by atoms with Gasteiger partial charge in [-0.3, -0.25) is 0 Å². The Morgan fingerprint density at radius 3 is 2.73 bits per heavy atom. The van der Waals surface area contributed by atoms with Crippen molar-refractivity contribution >= 4 is 11.6 Å². The molecule has 4 nitrogen and oxygen atoms in total. The second kappa shape index (κ2) is 9.27. The Morgan fingerprint density at radius 2 is 1.96 bits per heavy atom. The summed E-state index contributed by atoms with van der Waals surface area (Å²) in [6.45, 7) is 9.01. The fourth-order valence-electron chi connectivity index (χ4n) is 3.44. The molecule has 1 fully saturated rings. The summed E-state index contributed by atoms with van der Waals surface area (Å²) in [6.07, 6.45) is 1.22. The van der Waals surface area contributed by atoms with Crippen molar-refractivity contribution in [2.24, 2.45) is 10.9 Å². The summed E-state index contributed by atoms with van der Waals surface area (Å²) < 4.78 is 0. The van der Waals surface area contributed by atoms with Gasteiger partial charge in [0.25, 0.3) is 0 Å². The number of nitrogens with zero attached hydrogens (tertiary/aromatic N) is 2. The summed E-state index contributed by atoms with van der Waals surface area (Å²) in [6, 6.07) is 19.2. The molecule has 3 rings (SSSR count). The fourth-order valence-corrected chi connectivity index (χ4v) is 3.44. The van der Waals surface area contributed by atoms with Crippen LogP contribution < -0.4 is 15.5 Å². The van der Waals surface area contributed by atoms with Gasteiger partial charge in [-0.25, -0.2) is 4.99 Å². The highest BCUT2D eigenvalue weighted by atomic mass is 15.2. The third-order valence-corrected chi connectivity index (χ3v) is 4.81. The van der Waals surface area contributed by atoms with E-state index in [0.717, 1.165) is 32.1 Å². The minimum atomic E-state index is 0.651. The van der Waals surface area contributed by atoms with E-state index in [2.05, 4.69) is 84.0 Å². The Bertz CT molecular complexity index is 711. The molecule has 0 amide bonds. The maximum Gasteiger partial charge on any atom is 0.191 e. The Labute approximate surface area is 157 Å². The van der Waals surface area contributed by atoms with Crippen LogP contribution in [0.1, 0.15) is 24.5 Å². The third-order valence-electron chi connectivity index (χ3n) is 4.81. The molecule has 138 valence electrons. The lowest BCUT2D eigenvalue weighted by molar-refractivity contribution is 0.566. The van der Waals surface area contributed by atoms with Crippen LogP contribution in [0.2, 0.25) is 0 Å². The Balaban J connectivity index is 1.51. The first-order valence-corrected chi connectivity index (χ1v) is 9.62. The largest absolute Gasteiger partial charge is 0.371 e. The normalized spacial score (nSPS) is 17.4. The zero-order valence-corrected chi connectivity index (χ0v) is 15.9. The molecule has 1 aliphatic rings. The number of para-hydroxylation sites is 1. The lowest BCUT2D eigenvalue weighted by Crippen LogP contribution is -2.40. The third kappa shape index (κ3) is 5.25. The lowest BCUT2D eigenvalue weighted by atomic mass is 10.1. The van der Waals surface area contributed by atoms with Crippen LogP contribution in [0, 0.1) is 12.8 Å². The van der Waals surface area contributed by atoms with Crippen LogP contribution in [0.25, 0.3) is 0 Å². The van der Waals surface area contributed by atoms with Crippen molar-refractivity contribution in [3.05, 3.63) is 65.7 Å². The van der Waals surface area contributed by atoms with Crippen LogP contribution in [-0.4, -0.2) is 32.1 Å². The lowest BCUT2D eigenvalue weighted by Gasteiger charge is -2.19. The van der Waals surface area contributed by atoms with E-state index in [1.165, 1.54) is 23.2 Å². The number of rotatable bonds is 6. The van der Waals surface area contributed by atoms with E-state index in [4.69, 9.17) is 4.99 Å². The number of benzene rings is 2. The van der Waals surface area contributed by atoms with Gasteiger partial charge in [0.05, 0.1) is 6.54 Å². The van der Waals surface area contributed by atoms with Gasteiger partial charge in [0.15, 0.2) is 5.96 Å². The number of anilines is 1. The van der Waals surface area contributed by atoms with Crippen LogP contribution >= 0.6 is 0 Å². The molecule has 1 unspecified atom stereocenters. The van der Waals surface area contributed by atoms with Crippen molar-refractivity contribution < 1.29 is 0 Å². The molecule has 2 N–H and O–H groups in total.